The molecule has 0 atom stereocenters. The summed E-state index contributed by atoms with van der Waals surface area (Å²) in [5, 5.41) is 11.8. The van der Waals surface area contributed by atoms with Crippen LogP contribution in [0, 0.1) is 0 Å². The summed E-state index contributed by atoms with van der Waals surface area (Å²) in [6.07, 6.45) is 0. The molecule has 0 aliphatic heterocycles. The molecule has 2 heterocycles. The number of benzene rings is 1. The molecule has 0 aliphatic rings. The van der Waals surface area contributed by atoms with Gasteiger partial charge in [-0.05, 0) is 47.5 Å². The van der Waals surface area contributed by atoms with E-state index in [0.29, 0.717) is 0 Å². The molecule has 3 aromatic rings. The molecule has 0 radical (unpaired) electrons. The summed E-state index contributed by atoms with van der Waals surface area (Å²) in [7, 11) is 0. The van der Waals surface area contributed by atoms with Crippen LogP contribution in [0.1, 0.15) is 10.4 Å². The first-order valence-corrected chi connectivity index (χ1v) is 8.15. The van der Waals surface area contributed by atoms with Crippen molar-refractivity contribution < 1.29 is 22.4 Å². The van der Waals surface area contributed by atoms with E-state index in [-0.39, 0.29) is 34.1 Å². The van der Waals surface area contributed by atoms with Gasteiger partial charge in [-0.15, -0.1) is 16.4 Å². The number of rotatable bonds is 4. The molecule has 1 amide bonds. The summed E-state index contributed by atoms with van der Waals surface area (Å²) in [6, 6.07) is 8.55. The minimum Gasteiger partial charge on any atom is -0.402 e. The fourth-order valence-electron chi connectivity index (χ4n) is 1.75. The highest BCUT2D eigenvalue weighted by Gasteiger charge is 2.29. The van der Waals surface area contributed by atoms with Crippen LogP contribution in [0.25, 0.3) is 10.8 Å². The lowest BCUT2D eigenvalue weighted by Crippen LogP contribution is -2.12. The molecule has 3 rings (SSSR count). The number of anilines is 1. The Hall–Kier alpha value is -2.33. The number of halogens is 3. The third-order valence-electron chi connectivity index (χ3n) is 2.73. The van der Waals surface area contributed by atoms with Gasteiger partial charge in [-0.3, -0.25) is 10.1 Å². The van der Waals surface area contributed by atoms with Gasteiger partial charge in [0.15, 0.2) is 0 Å². The van der Waals surface area contributed by atoms with E-state index in [1.807, 2.05) is 11.4 Å². The summed E-state index contributed by atoms with van der Waals surface area (Å²) in [6.45, 7) is 0. The molecule has 0 aliphatic carbocycles. The first-order valence-electron chi connectivity index (χ1n) is 6.45. The van der Waals surface area contributed by atoms with Crippen molar-refractivity contribution in [2.75, 3.05) is 5.32 Å². The minimum absolute atomic E-state index is 0.00294. The van der Waals surface area contributed by atoms with Gasteiger partial charge in [0.25, 0.3) is 11.8 Å². The van der Waals surface area contributed by atoms with Crippen LogP contribution in [0.15, 0.2) is 51.1 Å². The Bertz CT molecular complexity index is 830. The molecule has 0 unspecified atom stereocenters. The molecule has 5 nitrogen and oxygen atoms in total. The van der Waals surface area contributed by atoms with E-state index in [0.717, 1.165) is 4.88 Å². The van der Waals surface area contributed by atoms with Crippen molar-refractivity contribution in [3.05, 3.63) is 47.3 Å². The number of alkyl halides is 3. The first kappa shape index (κ1) is 16.5. The molecule has 2 aromatic heterocycles. The predicted octanol–water partition coefficient (Wildman–Crippen LogP) is 4.66. The Kier molecular flexibility index (Phi) is 4.58. The number of carbonyl (C=O) groups is 1. The summed E-state index contributed by atoms with van der Waals surface area (Å²) in [5.41, 5.74) is -4.19. The monoisotopic (exact) mass is 371 g/mol. The van der Waals surface area contributed by atoms with E-state index in [1.165, 1.54) is 35.6 Å². The molecule has 24 heavy (non-hydrogen) atoms. The van der Waals surface area contributed by atoms with Crippen LogP contribution in [0.2, 0.25) is 0 Å². The van der Waals surface area contributed by atoms with Gasteiger partial charge in [-0.1, -0.05) is 11.2 Å². The number of carbonyl (C=O) groups excluding carboxylic acids is 1. The zero-order chi connectivity index (χ0) is 17.2. The number of nitrogens with one attached hydrogen (secondary N) is 1. The number of hydrogen-bond acceptors (Lipinski definition) is 6. The summed E-state index contributed by atoms with van der Waals surface area (Å²) < 4.78 is 42.1. The molecular weight excluding hydrogens is 363 g/mol. The lowest BCUT2D eigenvalue weighted by molar-refractivity contribution is -0.0328. The maximum Gasteiger partial charge on any atom is 0.446 e. The number of thiophene rings is 1. The Balaban J connectivity index is 1.67. The average Bonchev–Trinajstić information content (AvgIpc) is 3.16. The maximum atomic E-state index is 12.3. The van der Waals surface area contributed by atoms with Crippen LogP contribution in [0.5, 0.6) is 0 Å². The fourth-order valence-corrected chi connectivity index (χ4v) is 2.93. The highest BCUT2D eigenvalue weighted by molar-refractivity contribution is 8.00. The maximum absolute atomic E-state index is 12.3. The molecule has 1 N–H and O–H groups in total. The van der Waals surface area contributed by atoms with Gasteiger partial charge in [0.05, 0.1) is 4.88 Å². The standard InChI is InChI=1S/C14H8F3N3O2S2/c15-14(16,17)24-9-5-3-8(4-6-9)11(21)18-13-20-19-12(22-13)10-2-1-7-23-10/h1-7H,(H,18,20,21). The number of nitrogens with zero attached hydrogens (tertiary/aromatic N) is 2. The molecule has 1 aromatic carbocycles. The average molecular weight is 371 g/mol. The van der Waals surface area contributed by atoms with E-state index < -0.39 is 11.4 Å². The largest absolute Gasteiger partial charge is 0.446 e. The Labute approximate surface area is 141 Å². The third-order valence-corrected chi connectivity index (χ3v) is 4.32. The second kappa shape index (κ2) is 6.65. The second-order valence-electron chi connectivity index (χ2n) is 4.42. The number of thioether (sulfide) groups is 1. The Morgan fingerprint density at radius 2 is 1.92 bits per heavy atom. The zero-order valence-corrected chi connectivity index (χ0v) is 13.3. The quantitative estimate of drug-likeness (QED) is 0.676. The molecule has 0 saturated carbocycles. The molecule has 10 heteroatoms. The lowest BCUT2D eigenvalue weighted by Gasteiger charge is -2.06. The lowest BCUT2D eigenvalue weighted by atomic mass is 10.2. The van der Waals surface area contributed by atoms with Gasteiger partial charge in [-0.25, -0.2) is 0 Å². The highest BCUT2D eigenvalue weighted by atomic mass is 32.2. The van der Waals surface area contributed by atoms with Crippen LogP contribution in [0.4, 0.5) is 19.2 Å². The Morgan fingerprint density at radius 3 is 2.54 bits per heavy atom. The molecule has 0 fully saturated rings. The first-order chi connectivity index (χ1) is 11.4. The summed E-state index contributed by atoms with van der Waals surface area (Å²) >= 11 is 1.16. The van der Waals surface area contributed by atoms with E-state index >= 15 is 0 Å². The minimum atomic E-state index is -4.37. The third kappa shape index (κ3) is 4.15. The van der Waals surface area contributed by atoms with Gasteiger partial charge in [-0.2, -0.15) is 13.2 Å². The summed E-state index contributed by atoms with van der Waals surface area (Å²) in [4.78, 5) is 12.8. The molecule has 0 spiro atoms. The van der Waals surface area contributed by atoms with Crippen LogP contribution in [-0.4, -0.2) is 21.6 Å². The van der Waals surface area contributed by atoms with Gasteiger partial charge in [0, 0.05) is 10.5 Å². The molecule has 0 saturated heterocycles. The number of aromatic nitrogens is 2. The van der Waals surface area contributed by atoms with Crippen molar-refractivity contribution in [3.63, 3.8) is 0 Å². The van der Waals surface area contributed by atoms with E-state index in [2.05, 4.69) is 15.5 Å². The van der Waals surface area contributed by atoms with Crippen molar-refractivity contribution in [1.29, 1.82) is 0 Å². The second-order valence-corrected chi connectivity index (χ2v) is 6.50. The highest BCUT2D eigenvalue weighted by Crippen LogP contribution is 2.36. The SMILES string of the molecule is O=C(Nc1nnc(-c2cccs2)o1)c1ccc(SC(F)(F)F)cc1. The van der Waals surface area contributed by atoms with Crippen molar-refractivity contribution in [3.8, 4) is 10.8 Å². The molecule has 124 valence electrons. The van der Waals surface area contributed by atoms with Crippen molar-refractivity contribution in [2.45, 2.75) is 10.4 Å². The van der Waals surface area contributed by atoms with Crippen LogP contribution < -0.4 is 5.32 Å². The van der Waals surface area contributed by atoms with E-state index in [4.69, 9.17) is 4.42 Å². The molecule has 0 bridgehead atoms. The molecular formula is C14H8F3N3O2S2. The van der Waals surface area contributed by atoms with Gasteiger partial charge in [0.2, 0.25) is 0 Å². The fraction of sp³-hybridized carbons (Fsp3) is 0.0714. The number of amides is 1. The van der Waals surface area contributed by atoms with E-state index in [1.54, 1.807) is 6.07 Å². The zero-order valence-electron chi connectivity index (χ0n) is 11.7. The van der Waals surface area contributed by atoms with Crippen LogP contribution in [0.3, 0.4) is 0 Å². The van der Waals surface area contributed by atoms with Gasteiger partial charge < -0.3 is 4.42 Å². The number of hydrogen-bond donors (Lipinski definition) is 1. The normalized spacial score (nSPS) is 11.5. The van der Waals surface area contributed by atoms with Gasteiger partial charge >= 0.3 is 11.5 Å². The van der Waals surface area contributed by atoms with Crippen molar-refractivity contribution >= 4 is 35.0 Å². The van der Waals surface area contributed by atoms with Gasteiger partial charge in [0.1, 0.15) is 0 Å². The van der Waals surface area contributed by atoms with Crippen molar-refractivity contribution in [1.82, 2.24) is 10.2 Å². The topological polar surface area (TPSA) is 68.0 Å². The van der Waals surface area contributed by atoms with Crippen molar-refractivity contribution in [2.24, 2.45) is 0 Å². The Morgan fingerprint density at radius 1 is 1.17 bits per heavy atom. The van der Waals surface area contributed by atoms with Crippen LogP contribution >= 0.6 is 23.1 Å². The smallest absolute Gasteiger partial charge is 0.402 e. The summed E-state index contributed by atoms with van der Waals surface area (Å²) in [5.74, 6) is -0.280. The predicted molar refractivity (Wildman–Crippen MR) is 83.9 cm³/mol. The van der Waals surface area contributed by atoms with Crippen LogP contribution in [-0.2, 0) is 0 Å². The van der Waals surface area contributed by atoms with E-state index in [9.17, 15) is 18.0 Å².